The Bertz CT molecular complexity index is 436. The SMILES string of the molecule is CC(NS(C)(=O)=O)c1ccc(C=O)cc1. The van der Waals surface area contributed by atoms with Crippen molar-refractivity contribution in [3.05, 3.63) is 35.4 Å². The molecule has 0 saturated carbocycles. The highest BCUT2D eigenvalue weighted by Crippen LogP contribution is 2.13. The number of sulfonamides is 1. The Labute approximate surface area is 89.4 Å². The van der Waals surface area contributed by atoms with Crippen LogP contribution < -0.4 is 4.72 Å². The van der Waals surface area contributed by atoms with Crippen LogP contribution in [0.5, 0.6) is 0 Å². The van der Waals surface area contributed by atoms with Crippen LogP contribution in [0.1, 0.15) is 28.9 Å². The number of aldehydes is 1. The van der Waals surface area contributed by atoms with Crippen molar-refractivity contribution in [1.29, 1.82) is 0 Å². The summed E-state index contributed by atoms with van der Waals surface area (Å²) in [6, 6.07) is 6.48. The zero-order valence-electron chi connectivity index (χ0n) is 8.60. The lowest BCUT2D eigenvalue weighted by molar-refractivity contribution is 0.112. The molecule has 4 nitrogen and oxygen atoms in total. The highest BCUT2D eigenvalue weighted by molar-refractivity contribution is 7.88. The fraction of sp³-hybridized carbons (Fsp3) is 0.300. The number of nitrogens with one attached hydrogen (secondary N) is 1. The molecule has 1 atom stereocenters. The van der Waals surface area contributed by atoms with Crippen LogP contribution in [0.25, 0.3) is 0 Å². The second-order valence-electron chi connectivity index (χ2n) is 3.40. The average Bonchev–Trinajstić information content (AvgIpc) is 2.15. The van der Waals surface area contributed by atoms with Crippen molar-refractivity contribution < 1.29 is 13.2 Å². The fourth-order valence-corrected chi connectivity index (χ4v) is 2.03. The maximum atomic E-state index is 11.0. The number of rotatable bonds is 4. The molecule has 0 aliphatic carbocycles. The molecule has 0 aliphatic rings. The Morgan fingerprint density at radius 1 is 1.27 bits per heavy atom. The lowest BCUT2D eigenvalue weighted by Gasteiger charge is -2.12. The molecular weight excluding hydrogens is 214 g/mol. The standard InChI is InChI=1S/C10H13NO3S/c1-8(11-15(2,13)14)10-5-3-9(7-12)4-6-10/h3-8,11H,1-2H3. The molecule has 82 valence electrons. The monoisotopic (exact) mass is 227 g/mol. The van der Waals surface area contributed by atoms with E-state index in [9.17, 15) is 13.2 Å². The lowest BCUT2D eigenvalue weighted by Crippen LogP contribution is -2.25. The normalized spacial score (nSPS) is 13.5. The number of benzene rings is 1. The van der Waals surface area contributed by atoms with E-state index in [1.54, 1.807) is 31.2 Å². The van der Waals surface area contributed by atoms with Gasteiger partial charge in [-0.3, -0.25) is 4.79 Å². The minimum Gasteiger partial charge on any atom is -0.298 e. The van der Waals surface area contributed by atoms with Gasteiger partial charge in [-0.25, -0.2) is 13.1 Å². The van der Waals surface area contributed by atoms with Gasteiger partial charge in [0, 0.05) is 11.6 Å². The smallest absolute Gasteiger partial charge is 0.209 e. The molecule has 0 amide bonds. The molecule has 0 spiro atoms. The Kier molecular flexibility index (Phi) is 3.60. The van der Waals surface area contributed by atoms with Crippen LogP contribution >= 0.6 is 0 Å². The van der Waals surface area contributed by atoms with E-state index in [1.165, 1.54) is 0 Å². The van der Waals surface area contributed by atoms with Gasteiger partial charge in [0.05, 0.1) is 6.26 Å². The molecule has 0 aromatic heterocycles. The highest BCUT2D eigenvalue weighted by atomic mass is 32.2. The molecule has 1 unspecified atom stereocenters. The summed E-state index contributed by atoms with van der Waals surface area (Å²) >= 11 is 0. The van der Waals surface area contributed by atoms with E-state index in [-0.39, 0.29) is 6.04 Å². The molecule has 1 aromatic carbocycles. The van der Waals surface area contributed by atoms with Crippen molar-refractivity contribution in [3.63, 3.8) is 0 Å². The first kappa shape index (κ1) is 11.9. The first-order valence-electron chi connectivity index (χ1n) is 4.45. The van der Waals surface area contributed by atoms with Gasteiger partial charge in [0.1, 0.15) is 6.29 Å². The van der Waals surface area contributed by atoms with Crippen molar-refractivity contribution >= 4 is 16.3 Å². The number of carbonyl (C=O) groups is 1. The van der Waals surface area contributed by atoms with Gasteiger partial charge in [0.2, 0.25) is 10.0 Å². The van der Waals surface area contributed by atoms with Gasteiger partial charge in [-0.15, -0.1) is 0 Å². The predicted octanol–water partition coefficient (Wildman–Crippen LogP) is 1.11. The molecule has 1 aromatic rings. The van der Waals surface area contributed by atoms with Crippen LogP contribution in [0.2, 0.25) is 0 Å². The molecule has 0 radical (unpaired) electrons. The van der Waals surface area contributed by atoms with Gasteiger partial charge in [-0.1, -0.05) is 24.3 Å². The molecule has 0 fully saturated rings. The van der Waals surface area contributed by atoms with Crippen LogP contribution in [0, 0.1) is 0 Å². The summed E-state index contributed by atoms with van der Waals surface area (Å²) in [7, 11) is -3.21. The molecule has 0 aliphatic heterocycles. The zero-order chi connectivity index (χ0) is 11.5. The van der Waals surface area contributed by atoms with Crippen LogP contribution in [0.4, 0.5) is 0 Å². The van der Waals surface area contributed by atoms with E-state index >= 15 is 0 Å². The van der Waals surface area contributed by atoms with E-state index in [0.29, 0.717) is 5.56 Å². The van der Waals surface area contributed by atoms with Gasteiger partial charge >= 0.3 is 0 Å². The number of carbonyl (C=O) groups excluding carboxylic acids is 1. The summed E-state index contributed by atoms with van der Waals surface area (Å²) in [4.78, 5) is 10.4. The molecule has 15 heavy (non-hydrogen) atoms. The first-order chi connectivity index (χ1) is 6.92. The maximum Gasteiger partial charge on any atom is 0.209 e. The molecule has 0 bridgehead atoms. The van der Waals surface area contributed by atoms with Gasteiger partial charge in [-0.05, 0) is 12.5 Å². The summed E-state index contributed by atoms with van der Waals surface area (Å²) in [6.45, 7) is 1.75. The second kappa shape index (κ2) is 4.55. The molecular formula is C10H13NO3S. The number of hydrogen-bond acceptors (Lipinski definition) is 3. The Hall–Kier alpha value is -1.20. The van der Waals surface area contributed by atoms with Crippen molar-refractivity contribution in [2.24, 2.45) is 0 Å². The van der Waals surface area contributed by atoms with E-state index in [1.807, 2.05) is 0 Å². The zero-order valence-corrected chi connectivity index (χ0v) is 9.41. The quantitative estimate of drug-likeness (QED) is 0.784. The fourth-order valence-electron chi connectivity index (χ4n) is 1.25. The van der Waals surface area contributed by atoms with Crippen LogP contribution in [0.15, 0.2) is 24.3 Å². The minimum absolute atomic E-state index is 0.291. The summed E-state index contributed by atoms with van der Waals surface area (Å²) < 4.78 is 24.4. The molecule has 0 heterocycles. The second-order valence-corrected chi connectivity index (χ2v) is 5.18. The summed E-state index contributed by atoms with van der Waals surface area (Å²) in [5.74, 6) is 0. The third-order valence-corrected chi connectivity index (χ3v) is 2.75. The molecule has 1 rings (SSSR count). The third-order valence-electron chi connectivity index (χ3n) is 1.96. The van der Waals surface area contributed by atoms with Gasteiger partial charge in [0.25, 0.3) is 0 Å². The maximum absolute atomic E-state index is 11.0. The van der Waals surface area contributed by atoms with Crippen LogP contribution in [0.3, 0.4) is 0 Å². The molecule has 0 saturated heterocycles. The molecule has 5 heteroatoms. The van der Waals surface area contributed by atoms with E-state index in [2.05, 4.69) is 4.72 Å². The van der Waals surface area contributed by atoms with Gasteiger partial charge in [0.15, 0.2) is 0 Å². The first-order valence-corrected chi connectivity index (χ1v) is 6.34. The highest BCUT2D eigenvalue weighted by Gasteiger charge is 2.10. The number of hydrogen-bond donors (Lipinski definition) is 1. The van der Waals surface area contributed by atoms with Gasteiger partial charge < -0.3 is 0 Å². The lowest BCUT2D eigenvalue weighted by atomic mass is 10.1. The largest absolute Gasteiger partial charge is 0.298 e. The van der Waals surface area contributed by atoms with Crippen LogP contribution in [-0.2, 0) is 10.0 Å². The van der Waals surface area contributed by atoms with E-state index < -0.39 is 10.0 Å². The summed E-state index contributed by atoms with van der Waals surface area (Å²) in [6.07, 6.45) is 1.86. The van der Waals surface area contributed by atoms with Crippen molar-refractivity contribution in [2.75, 3.05) is 6.26 Å². The Morgan fingerprint density at radius 3 is 2.20 bits per heavy atom. The van der Waals surface area contributed by atoms with Crippen molar-refractivity contribution in [3.8, 4) is 0 Å². The van der Waals surface area contributed by atoms with E-state index in [0.717, 1.165) is 18.1 Å². The summed E-state index contributed by atoms with van der Waals surface area (Å²) in [5.41, 5.74) is 1.40. The summed E-state index contributed by atoms with van der Waals surface area (Å²) in [5, 5.41) is 0. The predicted molar refractivity (Wildman–Crippen MR) is 58.2 cm³/mol. The Balaban J connectivity index is 2.83. The molecule has 1 N–H and O–H groups in total. The van der Waals surface area contributed by atoms with E-state index in [4.69, 9.17) is 0 Å². The Morgan fingerprint density at radius 2 is 1.80 bits per heavy atom. The van der Waals surface area contributed by atoms with Gasteiger partial charge in [-0.2, -0.15) is 0 Å². The third kappa shape index (κ3) is 3.81. The topological polar surface area (TPSA) is 63.2 Å². The minimum atomic E-state index is -3.21. The van der Waals surface area contributed by atoms with Crippen molar-refractivity contribution in [1.82, 2.24) is 4.72 Å². The van der Waals surface area contributed by atoms with Crippen molar-refractivity contribution in [2.45, 2.75) is 13.0 Å². The van der Waals surface area contributed by atoms with Crippen LogP contribution in [-0.4, -0.2) is 21.0 Å². The average molecular weight is 227 g/mol.